The lowest BCUT2D eigenvalue weighted by molar-refractivity contribution is -0.00382. The minimum absolute atomic E-state index is 0.179. The second kappa shape index (κ2) is 9.22. The Morgan fingerprint density at radius 3 is 2.69 bits per heavy atom. The molecule has 1 unspecified atom stereocenters. The van der Waals surface area contributed by atoms with Gasteiger partial charge in [0.05, 0.1) is 11.6 Å². The molecule has 0 radical (unpaired) electrons. The van der Waals surface area contributed by atoms with Crippen molar-refractivity contribution in [2.45, 2.75) is 78.0 Å². The number of nitrogens with zero attached hydrogens (tertiary/aromatic N) is 3. The lowest BCUT2D eigenvalue weighted by Gasteiger charge is -2.39. The number of ether oxygens (including phenoxy) is 2. The third kappa shape index (κ3) is 5.49. The van der Waals surface area contributed by atoms with E-state index in [2.05, 4.69) is 0 Å². The predicted octanol–water partition coefficient (Wildman–Crippen LogP) is 4.74. The number of benzene rings is 1. The Labute approximate surface area is 190 Å². The summed E-state index contributed by atoms with van der Waals surface area (Å²) in [6.07, 6.45) is 6.68. The van der Waals surface area contributed by atoms with Gasteiger partial charge in [-0.05, 0) is 71.1 Å². The lowest BCUT2D eigenvalue weighted by atomic mass is 9.97. The summed E-state index contributed by atoms with van der Waals surface area (Å²) in [5.74, 6) is 0.535. The largest absolute Gasteiger partial charge is 0.444 e. The summed E-state index contributed by atoms with van der Waals surface area (Å²) < 4.78 is 13.1. The maximum atomic E-state index is 12.9. The van der Waals surface area contributed by atoms with E-state index in [1.54, 1.807) is 4.90 Å². The van der Waals surface area contributed by atoms with Crippen LogP contribution in [-0.2, 0) is 16.0 Å². The van der Waals surface area contributed by atoms with Gasteiger partial charge in [0.25, 0.3) is 0 Å². The highest BCUT2D eigenvalue weighted by atomic mass is 16.6. The van der Waals surface area contributed by atoms with E-state index in [9.17, 15) is 9.59 Å². The normalized spacial score (nSPS) is 19.8. The van der Waals surface area contributed by atoms with Gasteiger partial charge in [-0.25, -0.2) is 4.79 Å². The summed E-state index contributed by atoms with van der Waals surface area (Å²) >= 11 is 0. The molecule has 1 aromatic carbocycles. The number of hydrogen-bond donors (Lipinski definition) is 0. The predicted molar refractivity (Wildman–Crippen MR) is 123 cm³/mol. The summed E-state index contributed by atoms with van der Waals surface area (Å²) in [6, 6.07) is 3.98. The molecular formula is C25H35N3O4. The maximum Gasteiger partial charge on any atom is 0.410 e. The number of rotatable bonds is 6. The Morgan fingerprint density at radius 2 is 2.00 bits per heavy atom. The molecule has 0 aliphatic carbocycles. The molecule has 1 aromatic heterocycles. The first-order valence-electron chi connectivity index (χ1n) is 11.8. The second-order valence-electron chi connectivity index (χ2n) is 10.3. The van der Waals surface area contributed by atoms with E-state index in [-0.39, 0.29) is 18.0 Å². The lowest BCUT2D eigenvalue weighted by Crippen LogP contribution is -2.52. The van der Waals surface area contributed by atoms with Gasteiger partial charge in [0, 0.05) is 55.7 Å². The number of hydrogen-bond acceptors (Lipinski definition) is 5. The summed E-state index contributed by atoms with van der Waals surface area (Å²) in [6.45, 7) is 10.5. The van der Waals surface area contributed by atoms with Crippen molar-refractivity contribution in [2.24, 2.45) is 5.92 Å². The van der Waals surface area contributed by atoms with Crippen LogP contribution in [0.15, 0.2) is 18.3 Å². The van der Waals surface area contributed by atoms with E-state index in [4.69, 9.17) is 14.6 Å². The fourth-order valence-corrected chi connectivity index (χ4v) is 4.51. The summed E-state index contributed by atoms with van der Waals surface area (Å²) in [5.41, 5.74) is 2.18. The standard InChI is InChI=1S/C25H35N3O4/c1-17-11-22-19(12-21(17)23(29)9-8-20-7-5-6-10-31-20)16-28(26-22)15-18-13-27(14-18)24(30)32-25(2,3)4/h11-12,16,18,20H,5-10,13-15H2,1-4H3. The number of carbonyl (C=O) groups is 2. The third-order valence-electron chi connectivity index (χ3n) is 6.22. The number of Topliss-reactive ketones (excluding diaryl/α,β-unsaturated/α-hetero) is 1. The molecule has 4 rings (SSSR count). The van der Waals surface area contributed by atoms with Crippen LogP contribution >= 0.6 is 0 Å². The van der Waals surface area contributed by atoms with Crippen molar-refractivity contribution in [1.82, 2.24) is 14.7 Å². The number of aryl methyl sites for hydroxylation is 1. The van der Waals surface area contributed by atoms with Gasteiger partial charge in [-0.15, -0.1) is 0 Å². The van der Waals surface area contributed by atoms with Crippen molar-refractivity contribution in [1.29, 1.82) is 0 Å². The van der Waals surface area contributed by atoms with E-state index in [0.717, 1.165) is 54.4 Å². The van der Waals surface area contributed by atoms with Gasteiger partial charge in [0.2, 0.25) is 0 Å². The van der Waals surface area contributed by atoms with Gasteiger partial charge >= 0.3 is 6.09 Å². The van der Waals surface area contributed by atoms with Crippen LogP contribution in [0.5, 0.6) is 0 Å². The molecule has 2 aromatic rings. The van der Waals surface area contributed by atoms with Crippen LogP contribution in [0.25, 0.3) is 10.9 Å². The summed E-state index contributed by atoms with van der Waals surface area (Å²) in [5, 5.41) is 5.68. The van der Waals surface area contributed by atoms with Crippen molar-refractivity contribution >= 4 is 22.8 Å². The van der Waals surface area contributed by atoms with Crippen LogP contribution in [0.3, 0.4) is 0 Å². The SMILES string of the molecule is Cc1cc2nn(CC3CN(C(=O)OC(C)(C)C)C3)cc2cc1C(=O)CCC1CCCCO1. The Hall–Kier alpha value is -2.41. The highest BCUT2D eigenvalue weighted by Crippen LogP contribution is 2.25. The number of amides is 1. The Morgan fingerprint density at radius 1 is 1.22 bits per heavy atom. The first kappa shape index (κ1) is 22.8. The fraction of sp³-hybridized carbons (Fsp3) is 0.640. The zero-order chi connectivity index (χ0) is 22.9. The van der Waals surface area contributed by atoms with Crippen molar-refractivity contribution in [3.63, 3.8) is 0 Å². The van der Waals surface area contributed by atoms with Crippen molar-refractivity contribution in [3.05, 3.63) is 29.5 Å². The summed E-state index contributed by atoms with van der Waals surface area (Å²) in [4.78, 5) is 26.7. The van der Waals surface area contributed by atoms with Crippen LogP contribution in [-0.4, -0.2) is 58.0 Å². The minimum atomic E-state index is -0.474. The molecule has 0 N–H and O–H groups in total. The molecule has 2 fully saturated rings. The zero-order valence-corrected chi connectivity index (χ0v) is 19.7. The van der Waals surface area contributed by atoms with E-state index in [1.807, 2.05) is 50.7 Å². The van der Waals surface area contributed by atoms with E-state index in [1.165, 1.54) is 6.42 Å². The molecule has 32 heavy (non-hydrogen) atoms. The molecule has 2 saturated heterocycles. The zero-order valence-electron chi connectivity index (χ0n) is 19.7. The first-order chi connectivity index (χ1) is 15.2. The van der Waals surface area contributed by atoms with Crippen LogP contribution in [0.2, 0.25) is 0 Å². The highest BCUT2D eigenvalue weighted by Gasteiger charge is 2.34. The van der Waals surface area contributed by atoms with E-state index >= 15 is 0 Å². The smallest absolute Gasteiger partial charge is 0.410 e. The monoisotopic (exact) mass is 441 g/mol. The van der Waals surface area contributed by atoms with Gasteiger partial charge < -0.3 is 14.4 Å². The minimum Gasteiger partial charge on any atom is -0.444 e. The molecular weight excluding hydrogens is 406 g/mol. The molecule has 1 atom stereocenters. The molecule has 0 bridgehead atoms. The number of likely N-dealkylation sites (tertiary alicyclic amines) is 1. The van der Waals surface area contributed by atoms with Crippen LogP contribution in [0, 0.1) is 12.8 Å². The van der Waals surface area contributed by atoms with Crippen molar-refractivity contribution < 1.29 is 19.1 Å². The number of aromatic nitrogens is 2. The van der Waals surface area contributed by atoms with Gasteiger partial charge in [0.15, 0.2) is 5.78 Å². The highest BCUT2D eigenvalue weighted by molar-refractivity contribution is 6.00. The number of ketones is 1. The van der Waals surface area contributed by atoms with Crippen LogP contribution < -0.4 is 0 Å². The Kier molecular flexibility index (Phi) is 6.56. The van der Waals surface area contributed by atoms with E-state index < -0.39 is 5.60 Å². The first-order valence-corrected chi connectivity index (χ1v) is 11.8. The second-order valence-corrected chi connectivity index (χ2v) is 10.3. The molecule has 0 saturated carbocycles. The molecule has 3 heterocycles. The molecule has 2 aliphatic heterocycles. The van der Waals surface area contributed by atoms with Crippen molar-refractivity contribution in [3.8, 4) is 0 Å². The Balaban J connectivity index is 1.34. The fourth-order valence-electron chi connectivity index (χ4n) is 4.51. The van der Waals surface area contributed by atoms with Gasteiger partial charge in [0.1, 0.15) is 5.60 Å². The van der Waals surface area contributed by atoms with Crippen LogP contribution in [0.1, 0.15) is 68.8 Å². The number of carbonyl (C=O) groups excluding carboxylic acids is 2. The van der Waals surface area contributed by atoms with Crippen LogP contribution in [0.4, 0.5) is 4.79 Å². The van der Waals surface area contributed by atoms with Gasteiger partial charge in [-0.3, -0.25) is 9.48 Å². The van der Waals surface area contributed by atoms with Crippen molar-refractivity contribution in [2.75, 3.05) is 19.7 Å². The maximum absolute atomic E-state index is 12.9. The average molecular weight is 442 g/mol. The van der Waals surface area contributed by atoms with E-state index in [0.29, 0.717) is 25.4 Å². The quantitative estimate of drug-likeness (QED) is 0.605. The molecule has 7 nitrogen and oxygen atoms in total. The summed E-state index contributed by atoms with van der Waals surface area (Å²) in [7, 11) is 0. The molecule has 1 amide bonds. The molecule has 2 aliphatic rings. The third-order valence-corrected chi connectivity index (χ3v) is 6.22. The molecule has 0 spiro atoms. The molecule has 174 valence electrons. The average Bonchev–Trinajstić information content (AvgIpc) is 3.08. The topological polar surface area (TPSA) is 73.7 Å². The van der Waals surface area contributed by atoms with Gasteiger partial charge in [-0.1, -0.05) is 0 Å². The number of fused-ring (bicyclic) bond motifs is 1. The van der Waals surface area contributed by atoms with Gasteiger partial charge in [-0.2, -0.15) is 5.10 Å². The molecule has 7 heteroatoms. The Bertz CT molecular complexity index is 979.